The molecule has 22 heavy (non-hydrogen) atoms. The lowest BCUT2D eigenvalue weighted by Gasteiger charge is -2.04. The Labute approximate surface area is 130 Å². The predicted octanol–water partition coefficient (Wildman–Crippen LogP) is 3.33. The van der Waals surface area contributed by atoms with E-state index in [0.717, 1.165) is 16.9 Å². The van der Waals surface area contributed by atoms with Crippen LogP contribution in [0.15, 0.2) is 53.9 Å². The summed E-state index contributed by atoms with van der Waals surface area (Å²) >= 11 is 1.44. The number of nitrogens with one attached hydrogen (secondary N) is 1. The summed E-state index contributed by atoms with van der Waals surface area (Å²) in [5.41, 5.74) is 2.67. The van der Waals surface area contributed by atoms with Crippen LogP contribution in [0.2, 0.25) is 0 Å². The van der Waals surface area contributed by atoms with Crippen LogP contribution in [-0.4, -0.2) is 16.1 Å². The highest BCUT2D eigenvalue weighted by Gasteiger charge is 2.06. The smallest absolute Gasteiger partial charge is 0.335 e. The number of carboxylic acid groups (broad SMARTS) is 1. The number of carbonyl (C=O) groups is 1. The molecule has 5 nitrogen and oxygen atoms in total. The number of benzene rings is 2. The van der Waals surface area contributed by atoms with E-state index >= 15 is 0 Å². The molecule has 0 fully saturated rings. The molecule has 0 saturated heterocycles. The van der Waals surface area contributed by atoms with E-state index in [9.17, 15) is 9.90 Å². The summed E-state index contributed by atoms with van der Waals surface area (Å²) in [4.78, 5) is 15.3. The number of thiazole rings is 1. The Bertz CT molecular complexity index is 795. The van der Waals surface area contributed by atoms with Crippen molar-refractivity contribution in [2.24, 2.45) is 0 Å². The van der Waals surface area contributed by atoms with E-state index in [1.54, 1.807) is 24.3 Å². The van der Waals surface area contributed by atoms with Crippen molar-refractivity contribution < 1.29 is 15.0 Å². The number of aromatic nitrogens is 1. The average molecular weight is 311 g/mol. The molecule has 3 rings (SSSR count). The van der Waals surface area contributed by atoms with Gasteiger partial charge in [0.15, 0.2) is 5.13 Å². The van der Waals surface area contributed by atoms with E-state index in [1.165, 1.54) is 35.6 Å². The van der Waals surface area contributed by atoms with E-state index in [4.69, 9.17) is 5.11 Å². The van der Waals surface area contributed by atoms with Crippen LogP contribution in [0.3, 0.4) is 0 Å². The third kappa shape index (κ3) is 3.07. The van der Waals surface area contributed by atoms with Crippen molar-refractivity contribution in [1.29, 1.82) is 0 Å². The van der Waals surface area contributed by atoms with Crippen molar-refractivity contribution in [3.05, 3.63) is 59.5 Å². The second-order valence-electron chi connectivity index (χ2n) is 4.57. The van der Waals surface area contributed by atoms with Crippen molar-refractivity contribution in [3.63, 3.8) is 0 Å². The number of anilines is 2. The number of nitrogens with zero attached hydrogens (tertiary/aromatic N) is 1. The summed E-state index contributed by atoms with van der Waals surface area (Å²) in [6.45, 7) is 0. The van der Waals surface area contributed by atoms with Crippen LogP contribution in [0.25, 0.3) is 11.3 Å². The van der Waals surface area contributed by atoms with Gasteiger partial charge in [0.05, 0.1) is 11.3 Å². The Hall–Kier alpha value is -2.86. The van der Waals surface area contributed by atoms with Crippen molar-refractivity contribution >= 4 is 28.1 Å². The number of carboxylic acids is 1. The Morgan fingerprint density at radius 3 is 2.41 bits per heavy atom. The van der Waals surface area contributed by atoms with Crippen LogP contribution in [0.5, 0.6) is 5.75 Å². The molecule has 0 saturated carbocycles. The van der Waals surface area contributed by atoms with Crippen LogP contribution < -0.4 is 10.4 Å². The van der Waals surface area contributed by atoms with E-state index in [2.05, 4.69) is 10.3 Å². The van der Waals surface area contributed by atoms with Gasteiger partial charge in [0, 0.05) is 16.6 Å². The monoisotopic (exact) mass is 311 g/mol. The Kier molecular flexibility index (Phi) is 3.76. The van der Waals surface area contributed by atoms with Gasteiger partial charge in [-0.1, -0.05) is 24.3 Å². The van der Waals surface area contributed by atoms with E-state index in [0.29, 0.717) is 5.13 Å². The maximum atomic E-state index is 11.1. The minimum Gasteiger partial charge on any atom is -0.872 e. The van der Waals surface area contributed by atoms with Crippen molar-refractivity contribution in [3.8, 4) is 17.0 Å². The first-order chi connectivity index (χ1) is 10.6. The van der Waals surface area contributed by atoms with Gasteiger partial charge in [-0.05, 0) is 24.3 Å². The maximum absolute atomic E-state index is 11.1. The quantitative estimate of drug-likeness (QED) is 0.772. The normalized spacial score (nSPS) is 10.4. The summed E-state index contributed by atoms with van der Waals surface area (Å²) in [5, 5.41) is 25.7. The van der Waals surface area contributed by atoms with Crippen molar-refractivity contribution in [2.45, 2.75) is 0 Å². The van der Waals surface area contributed by atoms with Crippen molar-refractivity contribution in [2.75, 3.05) is 5.32 Å². The average Bonchev–Trinajstić information content (AvgIpc) is 2.97. The summed E-state index contributed by atoms with van der Waals surface area (Å²) in [7, 11) is 0. The molecule has 3 aromatic rings. The van der Waals surface area contributed by atoms with Gasteiger partial charge in [0.2, 0.25) is 0 Å². The molecule has 2 N–H and O–H groups in total. The van der Waals surface area contributed by atoms with Gasteiger partial charge in [0.1, 0.15) is 0 Å². The van der Waals surface area contributed by atoms with Gasteiger partial charge in [-0.15, -0.1) is 17.1 Å². The second kappa shape index (κ2) is 5.87. The molecular formula is C16H11N2O3S-. The second-order valence-corrected chi connectivity index (χ2v) is 5.43. The third-order valence-electron chi connectivity index (χ3n) is 3.04. The third-order valence-corrected chi connectivity index (χ3v) is 3.80. The number of aromatic carboxylic acids is 1. The van der Waals surface area contributed by atoms with Gasteiger partial charge < -0.3 is 15.5 Å². The summed E-state index contributed by atoms with van der Waals surface area (Å²) < 4.78 is 0. The number of rotatable bonds is 4. The topological polar surface area (TPSA) is 85.3 Å². The molecule has 110 valence electrons. The van der Waals surface area contributed by atoms with Crippen LogP contribution in [0.1, 0.15) is 10.4 Å². The van der Waals surface area contributed by atoms with E-state index in [1.807, 2.05) is 5.38 Å². The number of hydrogen-bond acceptors (Lipinski definition) is 5. The van der Waals surface area contributed by atoms with Gasteiger partial charge in [-0.25, -0.2) is 9.78 Å². The molecule has 0 atom stereocenters. The van der Waals surface area contributed by atoms with Gasteiger partial charge in [-0.2, -0.15) is 0 Å². The molecule has 6 heteroatoms. The largest absolute Gasteiger partial charge is 0.872 e. The highest BCUT2D eigenvalue weighted by molar-refractivity contribution is 7.14. The van der Waals surface area contributed by atoms with Crippen LogP contribution >= 0.6 is 11.3 Å². The SMILES string of the molecule is O=C(O)c1ccc(Nc2nc(-c3ccc([O-])cc3)cs2)cc1. The van der Waals surface area contributed by atoms with Gasteiger partial charge in [0.25, 0.3) is 0 Å². The summed E-state index contributed by atoms with van der Waals surface area (Å²) in [6.07, 6.45) is 0. The molecule has 0 spiro atoms. The lowest BCUT2D eigenvalue weighted by Crippen LogP contribution is -1.96. The predicted molar refractivity (Wildman–Crippen MR) is 83.7 cm³/mol. The molecule has 0 aliphatic carbocycles. The van der Waals surface area contributed by atoms with Crippen molar-refractivity contribution in [1.82, 2.24) is 4.98 Å². The zero-order valence-electron chi connectivity index (χ0n) is 11.3. The minimum absolute atomic E-state index is 0.0316. The van der Waals surface area contributed by atoms with Gasteiger partial charge >= 0.3 is 5.97 Å². The highest BCUT2D eigenvalue weighted by atomic mass is 32.1. The lowest BCUT2D eigenvalue weighted by molar-refractivity contribution is -0.268. The molecule has 2 aromatic carbocycles. The Morgan fingerprint density at radius 2 is 1.77 bits per heavy atom. The molecular weight excluding hydrogens is 300 g/mol. The maximum Gasteiger partial charge on any atom is 0.335 e. The highest BCUT2D eigenvalue weighted by Crippen LogP contribution is 2.27. The molecule has 1 heterocycles. The standard InChI is InChI=1S/C16H12N2O3S/c19-13-7-3-10(4-8-13)14-9-22-16(18-14)17-12-5-1-11(2-6-12)15(20)21/h1-9,19H,(H,17,18)(H,20,21)/p-1. The summed E-state index contributed by atoms with van der Waals surface area (Å²) in [5.74, 6) is -0.985. The first-order valence-corrected chi connectivity index (χ1v) is 7.33. The zero-order chi connectivity index (χ0) is 15.5. The number of hydrogen-bond donors (Lipinski definition) is 2. The lowest BCUT2D eigenvalue weighted by atomic mass is 10.2. The molecule has 1 aromatic heterocycles. The first kappa shape index (κ1) is 14.1. The first-order valence-electron chi connectivity index (χ1n) is 6.45. The fourth-order valence-electron chi connectivity index (χ4n) is 1.91. The van der Waals surface area contributed by atoms with E-state index < -0.39 is 5.97 Å². The van der Waals surface area contributed by atoms with Crippen LogP contribution in [0.4, 0.5) is 10.8 Å². The molecule has 0 aliphatic rings. The fraction of sp³-hybridized carbons (Fsp3) is 0. The fourth-order valence-corrected chi connectivity index (χ4v) is 2.65. The van der Waals surface area contributed by atoms with E-state index in [-0.39, 0.29) is 11.3 Å². The van der Waals surface area contributed by atoms with Crippen LogP contribution in [-0.2, 0) is 0 Å². The molecule has 0 aliphatic heterocycles. The molecule has 0 radical (unpaired) electrons. The molecule has 0 bridgehead atoms. The summed E-state index contributed by atoms with van der Waals surface area (Å²) in [6, 6.07) is 12.9. The minimum atomic E-state index is -0.954. The van der Waals surface area contributed by atoms with Gasteiger partial charge in [-0.3, -0.25) is 0 Å². The molecule has 0 amide bonds. The zero-order valence-corrected chi connectivity index (χ0v) is 12.1. The molecule has 0 unspecified atom stereocenters. The Balaban J connectivity index is 1.76. The Morgan fingerprint density at radius 1 is 1.09 bits per heavy atom. The van der Waals surface area contributed by atoms with Crippen LogP contribution in [0, 0.1) is 0 Å².